The van der Waals surface area contributed by atoms with Gasteiger partial charge in [0.1, 0.15) is 0 Å². The molecule has 0 aliphatic carbocycles. The molecule has 4 heteroatoms. The highest BCUT2D eigenvalue weighted by Crippen LogP contribution is 2.29. The average Bonchev–Trinajstić information content (AvgIpc) is 2.10. The number of nitrogens with two attached hydrogens (primary N) is 1. The molecule has 0 heterocycles. The summed E-state index contributed by atoms with van der Waals surface area (Å²) in [4.78, 5) is 0. The fraction of sp³-hybridized carbons (Fsp3) is 0.333. The van der Waals surface area contributed by atoms with Gasteiger partial charge in [-0.05, 0) is 63.1 Å². The molecule has 0 fully saturated rings. The Balaban J connectivity index is 3.15. The molecule has 1 rings (SSSR count). The van der Waals surface area contributed by atoms with E-state index in [1.165, 1.54) is 0 Å². The zero-order valence-corrected chi connectivity index (χ0v) is 11.2. The minimum absolute atomic E-state index is 0.0855. The van der Waals surface area contributed by atoms with E-state index in [0.29, 0.717) is 0 Å². The molecular weight excluding hydrogens is 345 g/mol. The molecule has 2 nitrogen and oxygen atoms in total. The van der Waals surface area contributed by atoms with Gasteiger partial charge in [0.2, 0.25) is 0 Å². The van der Waals surface area contributed by atoms with E-state index in [-0.39, 0.29) is 6.10 Å². The van der Waals surface area contributed by atoms with Crippen LogP contribution in [0.25, 0.3) is 0 Å². The van der Waals surface area contributed by atoms with Gasteiger partial charge in [-0.2, -0.15) is 0 Å². The molecule has 0 saturated heterocycles. The van der Waals surface area contributed by atoms with Gasteiger partial charge in [0.15, 0.2) is 0 Å². The van der Waals surface area contributed by atoms with Crippen molar-refractivity contribution in [1.29, 1.82) is 0 Å². The summed E-state index contributed by atoms with van der Waals surface area (Å²) >= 11 is 5.66. The van der Waals surface area contributed by atoms with Gasteiger partial charge in [0, 0.05) is 20.8 Å². The third-order valence-electron chi connectivity index (χ3n) is 1.91. The maximum atomic E-state index is 5.78. The topological polar surface area (TPSA) is 35.2 Å². The van der Waals surface area contributed by atoms with E-state index in [2.05, 4.69) is 38.5 Å². The molecule has 0 radical (unpaired) electrons. The second-order valence-corrected chi connectivity index (χ2v) is 4.79. The zero-order chi connectivity index (χ0) is 10.0. The van der Waals surface area contributed by atoms with Gasteiger partial charge >= 0.3 is 0 Å². The number of benzene rings is 1. The van der Waals surface area contributed by atoms with Crippen LogP contribution < -0.4 is 5.73 Å². The lowest BCUT2D eigenvalue weighted by Gasteiger charge is -2.13. The minimum Gasteiger partial charge on any atom is -0.398 e. The molecule has 1 aromatic rings. The predicted molar refractivity (Wildman–Crippen MR) is 66.7 cm³/mol. The number of rotatable bonds is 2. The standard InChI is InChI=1S/C9H11BrINO/c1-5(13-2)6-3-9(12)7(10)4-8(6)11/h3-5H,12H2,1-2H3. The lowest BCUT2D eigenvalue weighted by atomic mass is 10.1. The SMILES string of the molecule is COC(C)c1cc(N)c(Br)cc1I. The Hall–Kier alpha value is 0.190. The fourth-order valence-corrected chi connectivity index (χ4v) is 2.70. The van der Waals surface area contributed by atoms with Crippen molar-refractivity contribution >= 4 is 44.2 Å². The molecule has 0 amide bonds. The molecule has 0 spiro atoms. The van der Waals surface area contributed by atoms with Gasteiger partial charge in [0.25, 0.3) is 0 Å². The Morgan fingerprint density at radius 1 is 1.54 bits per heavy atom. The Morgan fingerprint density at radius 2 is 2.15 bits per heavy atom. The van der Waals surface area contributed by atoms with Crippen LogP contribution in [0.4, 0.5) is 5.69 Å². The van der Waals surface area contributed by atoms with Crippen LogP contribution in [0.3, 0.4) is 0 Å². The number of hydrogen-bond acceptors (Lipinski definition) is 2. The van der Waals surface area contributed by atoms with Gasteiger partial charge in [0.05, 0.1) is 6.10 Å². The molecule has 0 saturated carbocycles. The summed E-state index contributed by atoms with van der Waals surface area (Å²) in [6.07, 6.45) is 0.0855. The van der Waals surface area contributed by atoms with E-state index >= 15 is 0 Å². The number of ether oxygens (including phenoxy) is 1. The predicted octanol–water partition coefficient (Wildman–Crippen LogP) is 3.34. The summed E-state index contributed by atoms with van der Waals surface area (Å²) in [5.74, 6) is 0. The molecule has 1 aromatic carbocycles. The number of anilines is 1. The number of methoxy groups -OCH3 is 1. The molecular formula is C9H11BrINO. The van der Waals surface area contributed by atoms with E-state index < -0.39 is 0 Å². The largest absolute Gasteiger partial charge is 0.398 e. The number of nitrogen functional groups attached to an aromatic ring is 1. The molecule has 72 valence electrons. The van der Waals surface area contributed by atoms with Gasteiger partial charge in [-0.3, -0.25) is 0 Å². The maximum absolute atomic E-state index is 5.78. The van der Waals surface area contributed by atoms with Gasteiger partial charge in [-0.1, -0.05) is 0 Å². The summed E-state index contributed by atoms with van der Waals surface area (Å²) in [7, 11) is 1.69. The Kier molecular flexibility index (Phi) is 4.00. The van der Waals surface area contributed by atoms with E-state index in [0.717, 1.165) is 19.3 Å². The average molecular weight is 356 g/mol. The summed E-state index contributed by atoms with van der Waals surface area (Å²) in [6, 6.07) is 3.95. The fourth-order valence-electron chi connectivity index (χ4n) is 1.02. The van der Waals surface area contributed by atoms with Crippen molar-refractivity contribution in [3.63, 3.8) is 0 Å². The lowest BCUT2D eigenvalue weighted by molar-refractivity contribution is 0.119. The van der Waals surface area contributed by atoms with Crippen LogP contribution in [0.5, 0.6) is 0 Å². The molecule has 1 atom stereocenters. The quantitative estimate of drug-likeness (QED) is 0.652. The molecule has 0 bridgehead atoms. The summed E-state index contributed by atoms with van der Waals surface area (Å²) in [5, 5.41) is 0. The highest BCUT2D eigenvalue weighted by molar-refractivity contribution is 14.1. The Labute approximate surface area is 100 Å². The first-order chi connectivity index (χ1) is 6.06. The summed E-state index contributed by atoms with van der Waals surface area (Å²) in [5.41, 5.74) is 7.65. The monoisotopic (exact) mass is 355 g/mol. The first-order valence-corrected chi connectivity index (χ1v) is 5.70. The van der Waals surface area contributed by atoms with Crippen LogP contribution in [0.15, 0.2) is 16.6 Å². The normalized spacial score (nSPS) is 12.9. The van der Waals surface area contributed by atoms with Crippen molar-refractivity contribution in [2.45, 2.75) is 13.0 Å². The molecule has 0 aromatic heterocycles. The second-order valence-electron chi connectivity index (χ2n) is 2.77. The van der Waals surface area contributed by atoms with E-state index in [4.69, 9.17) is 10.5 Å². The van der Waals surface area contributed by atoms with Crippen molar-refractivity contribution in [2.75, 3.05) is 12.8 Å². The van der Waals surface area contributed by atoms with Crippen molar-refractivity contribution in [2.24, 2.45) is 0 Å². The van der Waals surface area contributed by atoms with Gasteiger partial charge in [-0.15, -0.1) is 0 Å². The first kappa shape index (κ1) is 11.3. The third kappa shape index (κ3) is 2.57. The number of halogens is 2. The number of hydrogen-bond donors (Lipinski definition) is 1. The van der Waals surface area contributed by atoms with Crippen LogP contribution in [-0.4, -0.2) is 7.11 Å². The van der Waals surface area contributed by atoms with Crippen LogP contribution in [0.1, 0.15) is 18.6 Å². The van der Waals surface area contributed by atoms with Crippen LogP contribution >= 0.6 is 38.5 Å². The second kappa shape index (κ2) is 4.61. The highest BCUT2D eigenvalue weighted by Gasteiger charge is 2.10. The smallest absolute Gasteiger partial charge is 0.0804 e. The molecule has 2 N–H and O–H groups in total. The van der Waals surface area contributed by atoms with Crippen LogP contribution in [0.2, 0.25) is 0 Å². The maximum Gasteiger partial charge on any atom is 0.0804 e. The van der Waals surface area contributed by atoms with Gasteiger partial charge in [-0.25, -0.2) is 0 Å². The molecule has 0 aliphatic rings. The first-order valence-electron chi connectivity index (χ1n) is 3.83. The van der Waals surface area contributed by atoms with E-state index in [1.807, 2.05) is 19.1 Å². The highest BCUT2D eigenvalue weighted by atomic mass is 127. The van der Waals surface area contributed by atoms with Crippen molar-refractivity contribution in [1.82, 2.24) is 0 Å². The molecule has 13 heavy (non-hydrogen) atoms. The molecule has 1 unspecified atom stereocenters. The Bertz CT molecular complexity index is 317. The summed E-state index contributed by atoms with van der Waals surface area (Å²) < 4.78 is 7.33. The van der Waals surface area contributed by atoms with Crippen molar-refractivity contribution in [3.8, 4) is 0 Å². The Morgan fingerprint density at radius 3 is 2.69 bits per heavy atom. The molecule has 0 aliphatic heterocycles. The van der Waals surface area contributed by atoms with Gasteiger partial charge < -0.3 is 10.5 Å². The van der Waals surface area contributed by atoms with E-state index in [9.17, 15) is 0 Å². The van der Waals surface area contributed by atoms with Crippen molar-refractivity contribution < 1.29 is 4.74 Å². The zero-order valence-electron chi connectivity index (χ0n) is 7.47. The third-order valence-corrected chi connectivity index (χ3v) is 3.53. The van der Waals surface area contributed by atoms with Crippen molar-refractivity contribution in [3.05, 3.63) is 25.7 Å². The van der Waals surface area contributed by atoms with Crippen LogP contribution in [-0.2, 0) is 4.74 Å². The lowest BCUT2D eigenvalue weighted by Crippen LogP contribution is -2.00. The van der Waals surface area contributed by atoms with Crippen LogP contribution in [0, 0.1) is 3.57 Å². The van der Waals surface area contributed by atoms with E-state index in [1.54, 1.807) is 7.11 Å². The minimum atomic E-state index is 0.0855. The summed E-state index contributed by atoms with van der Waals surface area (Å²) in [6.45, 7) is 2.00.